The molecule has 2 heterocycles. The number of piperazine rings is 1. The van der Waals surface area contributed by atoms with Crippen LogP contribution in [-0.2, 0) is 0 Å². The molecule has 24 heavy (non-hydrogen) atoms. The summed E-state index contributed by atoms with van der Waals surface area (Å²) in [6.45, 7) is 3.80. The van der Waals surface area contributed by atoms with E-state index in [1.54, 1.807) is 18.2 Å². The van der Waals surface area contributed by atoms with Gasteiger partial charge in [-0.25, -0.2) is 10.1 Å². The number of benzene rings is 2. The fraction of sp³-hybridized carbons (Fsp3) is 0.278. The minimum atomic E-state index is 0.606. The number of rotatable bonds is 0. The third kappa shape index (κ3) is 2.65. The highest BCUT2D eigenvalue weighted by Gasteiger charge is 2.26. The zero-order valence-electron chi connectivity index (χ0n) is 13.5. The molecule has 0 aliphatic carbocycles. The Morgan fingerprint density at radius 1 is 1.00 bits per heavy atom. The average Bonchev–Trinajstić information content (AvgIpc) is 2.71. The molecule has 2 aromatic carbocycles. The van der Waals surface area contributed by atoms with Crippen molar-refractivity contribution in [1.82, 2.24) is 9.80 Å². The van der Waals surface area contributed by atoms with Gasteiger partial charge in [0.1, 0.15) is 5.84 Å². The fourth-order valence-electron chi connectivity index (χ4n) is 3.18. The van der Waals surface area contributed by atoms with Crippen LogP contribution in [0.4, 0.5) is 17.1 Å². The number of amidine groups is 1. The number of fused-ring (bicyclic) bond motifs is 2. The van der Waals surface area contributed by atoms with Crippen LogP contribution in [0.1, 0.15) is 5.56 Å². The minimum Gasteiger partial charge on any atom is -0.353 e. The second-order valence-electron chi connectivity index (χ2n) is 6.19. The number of para-hydroxylation sites is 1. The van der Waals surface area contributed by atoms with Crippen LogP contribution in [0.3, 0.4) is 0 Å². The number of likely N-dealkylation sites (N-methyl/N-ethyl adjacent to an activating group) is 1. The van der Waals surface area contributed by atoms with Crippen molar-refractivity contribution in [1.29, 1.82) is 0 Å². The number of hydrogen-bond acceptors (Lipinski definition) is 5. The van der Waals surface area contributed by atoms with Gasteiger partial charge < -0.3 is 9.80 Å². The van der Waals surface area contributed by atoms with Crippen molar-refractivity contribution >= 4 is 34.5 Å². The monoisotopic (exact) mass is 342 g/mol. The van der Waals surface area contributed by atoms with Gasteiger partial charge in [-0.2, -0.15) is 0 Å². The normalized spacial score (nSPS) is 17.9. The van der Waals surface area contributed by atoms with Crippen molar-refractivity contribution in [3.05, 3.63) is 53.1 Å². The van der Waals surface area contributed by atoms with Crippen molar-refractivity contribution in [2.45, 2.75) is 0 Å². The molecule has 0 unspecified atom stereocenters. The van der Waals surface area contributed by atoms with Gasteiger partial charge in [-0.15, -0.1) is 0 Å². The van der Waals surface area contributed by atoms with E-state index in [0.717, 1.165) is 43.3 Å². The molecule has 2 aliphatic rings. The van der Waals surface area contributed by atoms with E-state index in [4.69, 9.17) is 16.6 Å². The van der Waals surface area contributed by atoms with E-state index in [2.05, 4.69) is 16.8 Å². The molecule has 0 saturated carbocycles. The van der Waals surface area contributed by atoms with Gasteiger partial charge in [-0.3, -0.25) is 5.21 Å². The quantitative estimate of drug-likeness (QED) is 0.795. The van der Waals surface area contributed by atoms with E-state index in [0.29, 0.717) is 16.4 Å². The summed E-state index contributed by atoms with van der Waals surface area (Å²) in [7, 11) is 2.13. The molecule has 6 heteroatoms. The lowest BCUT2D eigenvalue weighted by Gasteiger charge is -2.34. The number of aliphatic imine (C=N–C) groups is 1. The summed E-state index contributed by atoms with van der Waals surface area (Å²) in [6.07, 6.45) is 0. The van der Waals surface area contributed by atoms with Crippen LogP contribution in [0.15, 0.2) is 47.5 Å². The van der Waals surface area contributed by atoms with Crippen molar-refractivity contribution < 1.29 is 5.21 Å². The Kier molecular flexibility index (Phi) is 3.92. The van der Waals surface area contributed by atoms with Crippen LogP contribution in [0.25, 0.3) is 0 Å². The first-order valence-electron chi connectivity index (χ1n) is 8.03. The smallest absolute Gasteiger partial charge is 0.138 e. The second-order valence-corrected chi connectivity index (χ2v) is 6.62. The molecule has 0 spiro atoms. The van der Waals surface area contributed by atoms with Crippen molar-refractivity contribution in [2.75, 3.05) is 38.3 Å². The lowest BCUT2D eigenvalue weighted by atomic mass is 10.1. The summed E-state index contributed by atoms with van der Waals surface area (Å²) in [5, 5.41) is 12.5. The molecule has 0 bridgehead atoms. The van der Waals surface area contributed by atoms with Crippen LogP contribution in [0, 0.1) is 0 Å². The largest absolute Gasteiger partial charge is 0.353 e. The second kappa shape index (κ2) is 6.09. The van der Waals surface area contributed by atoms with Crippen LogP contribution in [0.5, 0.6) is 0 Å². The first-order chi connectivity index (χ1) is 11.6. The summed E-state index contributed by atoms with van der Waals surface area (Å²) < 4.78 is 0. The Balaban J connectivity index is 1.88. The first kappa shape index (κ1) is 15.4. The van der Waals surface area contributed by atoms with Crippen molar-refractivity contribution in [3.63, 3.8) is 0 Å². The molecule has 1 fully saturated rings. The van der Waals surface area contributed by atoms with Gasteiger partial charge in [-0.05, 0) is 37.4 Å². The maximum absolute atomic E-state index is 10.7. The Hall–Kier alpha value is -2.08. The van der Waals surface area contributed by atoms with E-state index in [1.807, 2.05) is 24.3 Å². The third-order valence-electron chi connectivity index (χ3n) is 4.57. The molecule has 1 saturated heterocycles. The van der Waals surface area contributed by atoms with Crippen LogP contribution in [0.2, 0.25) is 5.02 Å². The van der Waals surface area contributed by atoms with E-state index >= 15 is 0 Å². The van der Waals surface area contributed by atoms with Crippen LogP contribution in [-0.4, -0.2) is 54.1 Å². The SMILES string of the molecule is CN1CCN(C2=Nc3cc(Cl)ccc3N(O)c3ccccc32)CC1. The predicted molar refractivity (Wildman–Crippen MR) is 97.1 cm³/mol. The molecule has 124 valence electrons. The highest BCUT2D eigenvalue weighted by Crippen LogP contribution is 2.40. The predicted octanol–water partition coefficient (Wildman–Crippen LogP) is 3.51. The highest BCUT2D eigenvalue weighted by atomic mass is 35.5. The molecule has 0 aromatic heterocycles. The van der Waals surface area contributed by atoms with E-state index in [9.17, 15) is 5.21 Å². The molecule has 0 atom stereocenters. The van der Waals surface area contributed by atoms with Gasteiger partial charge in [-0.1, -0.05) is 23.7 Å². The topological polar surface area (TPSA) is 42.3 Å². The Bertz CT molecular complexity index is 799. The molecule has 5 nitrogen and oxygen atoms in total. The van der Waals surface area contributed by atoms with Gasteiger partial charge in [0.15, 0.2) is 0 Å². The highest BCUT2D eigenvalue weighted by molar-refractivity contribution is 6.31. The summed E-state index contributed by atoms with van der Waals surface area (Å²) in [4.78, 5) is 9.47. The van der Waals surface area contributed by atoms with Gasteiger partial charge >= 0.3 is 0 Å². The van der Waals surface area contributed by atoms with E-state index in [1.165, 1.54) is 5.06 Å². The maximum atomic E-state index is 10.7. The molecule has 1 N–H and O–H groups in total. The van der Waals surface area contributed by atoms with Gasteiger partial charge in [0.25, 0.3) is 0 Å². The summed E-state index contributed by atoms with van der Waals surface area (Å²) in [6, 6.07) is 13.2. The molecule has 0 radical (unpaired) electrons. The van der Waals surface area contributed by atoms with Gasteiger partial charge in [0.2, 0.25) is 0 Å². The molecule has 2 aliphatic heterocycles. The Morgan fingerprint density at radius 2 is 1.75 bits per heavy atom. The van der Waals surface area contributed by atoms with Crippen LogP contribution >= 0.6 is 11.6 Å². The van der Waals surface area contributed by atoms with Crippen molar-refractivity contribution in [3.8, 4) is 0 Å². The molecule has 0 amide bonds. The molecule has 2 aromatic rings. The first-order valence-corrected chi connectivity index (χ1v) is 8.41. The summed E-state index contributed by atoms with van der Waals surface area (Å²) in [5.74, 6) is 0.888. The zero-order chi connectivity index (χ0) is 16.7. The Morgan fingerprint density at radius 3 is 2.54 bits per heavy atom. The van der Waals surface area contributed by atoms with Gasteiger partial charge in [0.05, 0.1) is 17.1 Å². The lowest BCUT2D eigenvalue weighted by Crippen LogP contribution is -2.47. The average molecular weight is 343 g/mol. The number of nitrogens with zero attached hydrogens (tertiary/aromatic N) is 4. The van der Waals surface area contributed by atoms with Gasteiger partial charge in [0, 0.05) is 36.8 Å². The number of hydrogen-bond donors (Lipinski definition) is 1. The number of anilines is 2. The maximum Gasteiger partial charge on any atom is 0.138 e. The van der Waals surface area contributed by atoms with E-state index < -0.39 is 0 Å². The van der Waals surface area contributed by atoms with Crippen LogP contribution < -0.4 is 5.06 Å². The molecular weight excluding hydrogens is 324 g/mol. The fourth-order valence-corrected chi connectivity index (χ4v) is 3.34. The lowest BCUT2D eigenvalue weighted by molar-refractivity contribution is 0.216. The Labute approximate surface area is 146 Å². The van der Waals surface area contributed by atoms with Crippen molar-refractivity contribution in [2.24, 2.45) is 4.99 Å². The summed E-state index contributed by atoms with van der Waals surface area (Å²) in [5.41, 5.74) is 2.97. The third-order valence-corrected chi connectivity index (χ3v) is 4.80. The summed E-state index contributed by atoms with van der Waals surface area (Å²) >= 11 is 6.15. The standard InChI is InChI=1S/C18H19ClN4O/c1-21-8-10-22(11-9-21)18-14-4-2-3-5-16(14)23(24)17-7-6-13(19)12-15(17)20-18/h2-7,12,24H,8-11H2,1H3. The van der Waals surface area contributed by atoms with E-state index in [-0.39, 0.29) is 0 Å². The minimum absolute atomic E-state index is 0.606. The molecular formula is C18H19ClN4O. The molecule has 4 rings (SSSR count). The number of halogens is 1. The zero-order valence-corrected chi connectivity index (χ0v) is 14.2.